The van der Waals surface area contributed by atoms with Crippen molar-refractivity contribution in [3.8, 4) is 12.3 Å². The van der Waals surface area contributed by atoms with Gasteiger partial charge in [0.25, 0.3) is 0 Å². The molecule has 0 bridgehead atoms. The molecule has 138 valence electrons. The molecule has 3 heterocycles. The zero-order valence-corrected chi connectivity index (χ0v) is 16.5. The average Bonchev–Trinajstić information content (AvgIpc) is 3.13. The largest absolute Gasteiger partial charge is 0.504 e. The molecular weight excluding hydrogens is 347 g/mol. The van der Waals surface area contributed by atoms with Crippen LogP contribution in [0.2, 0.25) is 0 Å². The van der Waals surface area contributed by atoms with Crippen LogP contribution in [0.1, 0.15) is 46.7 Å². The lowest BCUT2D eigenvalue weighted by atomic mass is 9.87. The SMILES string of the molecule is C#CCOC(=O)c1ccccc1C1=C2C(C)=CC(C)=[N+]2[B-]n2c(C)cc(C)c21. The highest BCUT2D eigenvalue weighted by atomic mass is 16.5. The van der Waals surface area contributed by atoms with Crippen molar-refractivity contribution in [1.82, 2.24) is 4.48 Å². The van der Waals surface area contributed by atoms with Crippen LogP contribution >= 0.6 is 0 Å². The lowest BCUT2D eigenvalue weighted by Crippen LogP contribution is -2.32. The van der Waals surface area contributed by atoms with Gasteiger partial charge in [-0.15, -0.1) is 6.42 Å². The van der Waals surface area contributed by atoms with Crippen LogP contribution in [0.3, 0.4) is 0 Å². The van der Waals surface area contributed by atoms with E-state index in [9.17, 15) is 4.79 Å². The summed E-state index contributed by atoms with van der Waals surface area (Å²) in [6.45, 7) is 8.35. The molecule has 2 aliphatic rings. The van der Waals surface area contributed by atoms with Gasteiger partial charge < -0.3 is 13.7 Å². The summed E-state index contributed by atoms with van der Waals surface area (Å²) in [5.74, 6) is 1.95. The second-order valence-electron chi connectivity index (χ2n) is 7.19. The second kappa shape index (κ2) is 6.72. The van der Waals surface area contributed by atoms with Crippen LogP contribution in [0.5, 0.6) is 0 Å². The van der Waals surface area contributed by atoms with E-state index in [0.29, 0.717) is 5.56 Å². The van der Waals surface area contributed by atoms with Crippen LogP contribution in [0.4, 0.5) is 0 Å². The highest BCUT2D eigenvalue weighted by Gasteiger charge is 2.33. The smallest absolute Gasteiger partial charge is 0.339 e. The molecule has 0 fully saturated rings. The Morgan fingerprint density at radius 3 is 2.75 bits per heavy atom. The van der Waals surface area contributed by atoms with Crippen molar-refractivity contribution in [2.45, 2.75) is 27.7 Å². The fourth-order valence-corrected chi connectivity index (χ4v) is 4.11. The molecule has 0 spiro atoms. The maximum atomic E-state index is 12.7. The average molecular weight is 368 g/mol. The van der Waals surface area contributed by atoms with Gasteiger partial charge in [-0.1, -0.05) is 24.1 Å². The molecule has 0 saturated heterocycles. The van der Waals surface area contributed by atoms with Crippen LogP contribution in [0.15, 0.2) is 47.7 Å². The molecule has 1 aromatic heterocycles. The summed E-state index contributed by atoms with van der Waals surface area (Å²) in [6.07, 6.45) is 7.43. The van der Waals surface area contributed by atoms with Crippen molar-refractivity contribution in [3.05, 3.63) is 75.8 Å². The summed E-state index contributed by atoms with van der Waals surface area (Å²) in [5, 5.41) is 0. The van der Waals surface area contributed by atoms with Crippen LogP contribution in [0.25, 0.3) is 5.57 Å². The topological polar surface area (TPSA) is 34.2 Å². The molecule has 4 rings (SSSR count). The van der Waals surface area contributed by atoms with E-state index in [1.807, 2.05) is 18.2 Å². The van der Waals surface area contributed by atoms with Crippen LogP contribution in [-0.4, -0.2) is 34.8 Å². The molecule has 1 aromatic carbocycles. The van der Waals surface area contributed by atoms with E-state index in [4.69, 9.17) is 11.2 Å². The third kappa shape index (κ3) is 2.65. The zero-order chi connectivity index (χ0) is 20.0. The van der Waals surface area contributed by atoms with Crippen molar-refractivity contribution in [2.24, 2.45) is 0 Å². The summed E-state index contributed by atoms with van der Waals surface area (Å²) < 4.78 is 9.62. The molecule has 5 heteroatoms. The molecule has 4 nitrogen and oxygen atoms in total. The van der Waals surface area contributed by atoms with Gasteiger partial charge >= 0.3 is 5.97 Å². The molecule has 0 N–H and O–H groups in total. The maximum Gasteiger partial charge on any atom is 0.339 e. The lowest BCUT2D eigenvalue weighted by molar-refractivity contribution is -0.315. The molecule has 0 aliphatic carbocycles. The number of hydrogen-bond donors (Lipinski definition) is 0. The van der Waals surface area contributed by atoms with Crippen LogP contribution in [0, 0.1) is 26.2 Å². The first-order valence-corrected chi connectivity index (χ1v) is 9.23. The van der Waals surface area contributed by atoms with Gasteiger partial charge in [-0.25, -0.2) is 4.79 Å². The molecule has 2 aliphatic heterocycles. The Morgan fingerprint density at radius 2 is 2.00 bits per heavy atom. The number of aromatic nitrogens is 1. The van der Waals surface area contributed by atoms with E-state index >= 15 is 0 Å². The number of carbonyl (C=O) groups excluding carboxylic acids is 1. The van der Waals surface area contributed by atoms with Crippen molar-refractivity contribution in [3.63, 3.8) is 0 Å². The number of ether oxygens (including phenoxy) is 1. The minimum absolute atomic E-state index is 0.0424. The Hall–Kier alpha value is -3.26. The first kappa shape index (κ1) is 18.1. The number of hydrogen-bond acceptors (Lipinski definition) is 2. The third-order valence-electron chi connectivity index (χ3n) is 5.25. The van der Waals surface area contributed by atoms with E-state index in [-0.39, 0.29) is 6.61 Å². The number of aryl methyl sites for hydroxylation is 2. The first-order valence-electron chi connectivity index (χ1n) is 9.23. The normalized spacial score (nSPS) is 15.2. The van der Waals surface area contributed by atoms with E-state index in [2.05, 4.69) is 62.3 Å². The monoisotopic (exact) mass is 368 g/mol. The van der Waals surface area contributed by atoms with E-state index < -0.39 is 5.97 Å². The van der Waals surface area contributed by atoms with Gasteiger partial charge in [-0.2, -0.15) is 0 Å². The summed E-state index contributed by atoms with van der Waals surface area (Å²) >= 11 is 0. The maximum absolute atomic E-state index is 12.7. The summed E-state index contributed by atoms with van der Waals surface area (Å²) in [7, 11) is 2.12. The summed E-state index contributed by atoms with van der Waals surface area (Å²) in [6, 6.07) is 9.74. The van der Waals surface area contributed by atoms with Gasteiger partial charge in [-0.05, 0) is 44.2 Å². The fraction of sp³-hybridized carbons (Fsp3) is 0.217. The van der Waals surface area contributed by atoms with Crippen molar-refractivity contribution in [2.75, 3.05) is 6.61 Å². The highest BCUT2D eigenvalue weighted by molar-refractivity contribution is 6.29. The van der Waals surface area contributed by atoms with E-state index in [0.717, 1.165) is 33.9 Å². The Morgan fingerprint density at radius 1 is 1.25 bits per heavy atom. The fourth-order valence-electron chi connectivity index (χ4n) is 4.11. The predicted molar refractivity (Wildman–Crippen MR) is 111 cm³/mol. The predicted octanol–water partition coefficient (Wildman–Crippen LogP) is 3.48. The van der Waals surface area contributed by atoms with Gasteiger partial charge in [0.15, 0.2) is 12.3 Å². The molecule has 0 amide bonds. The van der Waals surface area contributed by atoms with Crippen molar-refractivity contribution >= 4 is 24.8 Å². The molecule has 2 radical (unpaired) electrons. The van der Waals surface area contributed by atoms with Crippen LogP contribution < -0.4 is 0 Å². The van der Waals surface area contributed by atoms with Gasteiger partial charge in [-0.3, -0.25) is 0 Å². The Kier molecular flexibility index (Phi) is 4.35. The standard InChI is InChI=1S/C23H21BN2O2/c1-6-11-28-23(27)19-10-8-7-9-18(19)20-21-14(2)12-16(4)25(21)24-26-17(5)13-15(3)22(20)26/h1,7-10,12-13H,11H2,2-5H3. The summed E-state index contributed by atoms with van der Waals surface area (Å²) in [5.41, 5.74) is 9.23. The number of rotatable bonds is 3. The van der Waals surface area contributed by atoms with E-state index in [1.165, 1.54) is 11.1 Å². The number of allylic oxidation sites excluding steroid dienone is 2. The Bertz CT molecular complexity index is 1160. The number of benzene rings is 1. The van der Waals surface area contributed by atoms with Gasteiger partial charge in [0.1, 0.15) is 5.71 Å². The number of terminal acetylenes is 1. The molecule has 2 aromatic rings. The van der Waals surface area contributed by atoms with Crippen molar-refractivity contribution < 1.29 is 14.0 Å². The number of esters is 1. The lowest BCUT2D eigenvalue weighted by Gasteiger charge is -2.31. The molecule has 0 atom stereocenters. The molecule has 28 heavy (non-hydrogen) atoms. The zero-order valence-electron chi connectivity index (χ0n) is 16.5. The van der Waals surface area contributed by atoms with Gasteiger partial charge in [0.2, 0.25) is 7.55 Å². The first-order chi connectivity index (χ1) is 13.4. The highest BCUT2D eigenvalue weighted by Crippen LogP contribution is 2.39. The quantitative estimate of drug-likeness (QED) is 0.472. The molecular formula is C23H21BN2O2. The van der Waals surface area contributed by atoms with Gasteiger partial charge in [0, 0.05) is 29.8 Å². The molecule has 0 saturated carbocycles. The Labute approximate surface area is 166 Å². The third-order valence-corrected chi connectivity index (χ3v) is 5.25. The number of nitrogens with zero attached hydrogens (tertiary/aromatic N) is 2. The van der Waals surface area contributed by atoms with Gasteiger partial charge in [0.05, 0.1) is 11.1 Å². The van der Waals surface area contributed by atoms with Crippen molar-refractivity contribution in [1.29, 1.82) is 0 Å². The Balaban J connectivity index is 2.03. The molecule has 0 unspecified atom stereocenters. The second-order valence-corrected chi connectivity index (χ2v) is 7.19. The number of fused-ring (bicyclic) bond motifs is 2. The summed E-state index contributed by atoms with van der Waals surface area (Å²) in [4.78, 5) is 12.7. The van der Waals surface area contributed by atoms with E-state index in [1.54, 1.807) is 6.07 Å². The minimum Gasteiger partial charge on any atom is -0.504 e. The van der Waals surface area contributed by atoms with Crippen LogP contribution in [-0.2, 0) is 4.74 Å². The minimum atomic E-state index is -0.407. The number of carbonyl (C=O) groups is 1.